The fourth-order valence-electron chi connectivity index (χ4n) is 2.36. The first-order valence-electron chi connectivity index (χ1n) is 8.18. The zero-order valence-electron chi connectivity index (χ0n) is 14.5. The lowest BCUT2D eigenvalue weighted by Gasteiger charge is -2.17. The maximum atomic E-state index is 12.1. The summed E-state index contributed by atoms with van der Waals surface area (Å²) in [6.45, 7) is 7.78. The molecule has 3 rings (SSSR count). The lowest BCUT2D eigenvalue weighted by atomic mass is 9.95. The SMILES string of the molecule is CCc1ccc2oc(-c3cccc(NC(=O)C(C)(C)C)c3)nc2c1. The fourth-order valence-corrected chi connectivity index (χ4v) is 2.36. The number of aromatic nitrogens is 1. The van der Waals surface area contributed by atoms with Crippen molar-refractivity contribution in [1.29, 1.82) is 0 Å². The van der Waals surface area contributed by atoms with Gasteiger partial charge in [0, 0.05) is 16.7 Å². The molecule has 0 saturated carbocycles. The third-order valence-electron chi connectivity index (χ3n) is 3.91. The molecule has 0 fully saturated rings. The molecule has 1 N–H and O–H groups in total. The number of fused-ring (bicyclic) bond motifs is 1. The van der Waals surface area contributed by atoms with Gasteiger partial charge in [-0.15, -0.1) is 0 Å². The summed E-state index contributed by atoms with van der Waals surface area (Å²) in [6, 6.07) is 13.6. The highest BCUT2D eigenvalue weighted by Gasteiger charge is 2.21. The van der Waals surface area contributed by atoms with Crippen molar-refractivity contribution in [2.75, 3.05) is 5.32 Å². The van der Waals surface area contributed by atoms with Gasteiger partial charge < -0.3 is 9.73 Å². The molecule has 0 aliphatic heterocycles. The van der Waals surface area contributed by atoms with Gasteiger partial charge in [-0.1, -0.05) is 39.8 Å². The zero-order chi connectivity index (χ0) is 17.3. The van der Waals surface area contributed by atoms with Gasteiger partial charge in [-0.05, 0) is 42.3 Å². The van der Waals surface area contributed by atoms with Crippen LogP contribution in [0.15, 0.2) is 46.9 Å². The maximum absolute atomic E-state index is 12.1. The average Bonchev–Trinajstić information content (AvgIpc) is 2.97. The van der Waals surface area contributed by atoms with Gasteiger partial charge in [0.2, 0.25) is 11.8 Å². The zero-order valence-corrected chi connectivity index (χ0v) is 14.5. The maximum Gasteiger partial charge on any atom is 0.229 e. The third-order valence-corrected chi connectivity index (χ3v) is 3.91. The molecule has 0 bridgehead atoms. The number of rotatable bonds is 3. The van der Waals surface area contributed by atoms with Crippen LogP contribution in [0.25, 0.3) is 22.6 Å². The first kappa shape index (κ1) is 16.2. The van der Waals surface area contributed by atoms with Gasteiger partial charge in [0.1, 0.15) is 5.52 Å². The van der Waals surface area contributed by atoms with Crippen molar-refractivity contribution in [2.24, 2.45) is 5.41 Å². The number of oxazole rings is 1. The number of anilines is 1. The largest absolute Gasteiger partial charge is 0.436 e. The Morgan fingerprint density at radius 3 is 2.67 bits per heavy atom. The number of nitrogens with one attached hydrogen (secondary N) is 1. The Balaban J connectivity index is 1.92. The van der Waals surface area contributed by atoms with E-state index in [4.69, 9.17) is 4.42 Å². The molecule has 2 aromatic carbocycles. The lowest BCUT2D eigenvalue weighted by molar-refractivity contribution is -0.123. The third kappa shape index (κ3) is 3.32. The molecule has 4 nitrogen and oxygen atoms in total. The van der Waals surface area contributed by atoms with Gasteiger partial charge in [-0.2, -0.15) is 0 Å². The Labute approximate surface area is 141 Å². The summed E-state index contributed by atoms with van der Waals surface area (Å²) in [5.41, 5.74) is 4.00. The van der Waals surface area contributed by atoms with E-state index in [0.29, 0.717) is 5.89 Å². The molecule has 0 aliphatic carbocycles. The van der Waals surface area contributed by atoms with E-state index in [0.717, 1.165) is 28.8 Å². The first-order valence-corrected chi connectivity index (χ1v) is 8.18. The molecule has 0 radical (unpaired) electrons. The molecule has 3 aromatic rings. The van der Waals surface area contributed by atoms with E-state index in [9.17, 15) is 4.79 Å². The van der Waals surface area contributed by atoms with E-state index in [1.54, 1.807) is 0 Å². The molecule has 0 atom stereocenters. The van der Waals surface area contributed by atoms with Crippen molar-refractivity contribution in [2.45, 2.75) is 34.1 Å². The molecule has 4 heteroatoms. The van der Waals surface area contributed by atoms with Crippen LogP contribution >= 0.6 is 0 Å². The number of hydrogen-bond acceptors (Lipinski definition) is 3. The van der Waals surface area contributed by atoms with E-state index in [2.05, 4.69) is 23.3 Å². The van der Waals surface area contributed by atoms with E-state index in [1.807, 2.05) is 57.2 Å². The lowest BCUT2D eigenvalue weighted by Crippen LogP contribution is -2.27. The monoisotopic (exact) mass is 322 g/mol. The minimum Gasteiger partial charge on any atom is -0.436 e. The van der Waals surface area contributed by atoms with Gasteiger partial charge >= 0.3 is 0 Å². The quantitative estimate of drug-likeness (QED) is 0.735. The van der Waals surface area contributed by atoms with Gasteiger partial charge in [0.25, 0.3) is 0 Å². The molecule has 1 amide bonds. The Hall–Kier alpha value is -2.62. The van der Waals surface area contributed by atoms with Crippen LogP contribution in [0, 0.1) is 5.41 Å². The predicted octanol–water partition coefficient (Wildman–Crippen LogP) is 5.04. The summed E-state index contributed by atoms with van der Waals surface area (Å²) in [4.78, 5) is 16.7. The highest BCUT2D eigenvalue weighted by Crippen LogP contribution is 2.27. The molecule has 0 saturated heterocycles. The number of carbonyl (C=O) groups excluding carboxylic acids is 1. The van der Waals surface area contributed by atoms with Crippen LogP contribution in [0.2, 0.25) is 0 Å². The summed E-state index contributed by atoms with van der Waals surface area (Å²) in [5, 5.41) is 2.94. The smallest absolute Gasteiger partial charge is 0.229 e. The highest BCUT2D eigenvalue weighted by molar-refractivity contribution is 5.95. The number of carbonyl (C=O) groups is 1. The van der Waals surface area contributed by atoms with Gasteiger partial charge in [-0.25, -0.2) is 4.98 Å². The van der Waals surface area contributed by atoms with Crippen LogP contribution in [-0.2, 0) is 11.2 Å². The number of amides is 1. The number of nitrogens with zero attached hydrogens (tertiary/aromatic N) is 1. The van der Waals surface area contributed by atoms with Crippen molar-refractivity contribution < 1.29 is 9.21 Å². The Morgan fingerprint density at radius 1 is 1.17 bits per heavy atom. The highest BCUT2D eigenvalue weighted by atomic mass is 16.3. The van der Waals surface area contributed by atoms with E-state index >= 15 is 0 Å². The van der Waals surface area contributed by atoms with Crippen LogP contribution in [0.4, 0.5) is 5.69 Å². The Bertz CT molecular complexity index is 888. The summed E-state index contributed by atoms with van der Waals surface area (Å²) < 4.78 is 5.86. The van der Waals surface area contributed by atoms with Crippen molar-refractivity contribution in [3.05, 3.63) is 48.0 Å². The van der Waals surface area contributed by atoms with Gasteiger partial charge in [-0.3, -0.25) is 4.79 Å². The molecule has 1 aromatic heterocycles. The summed E-state index contributed by atoms with van der Waals surface area (Å²) in [5.74, 6) is 0.537. The molecule has 24 heavy (non-hydrogen) atoms. The Morgan fingerprint density at radius 2 is 1.96 bits per heavy atom. The van der Waals surface area contributed by atoms with Crippen LogP contribution in [0.1, 0.15) is 33.3 Å². The summed E-state index contributed by atoms with van der Waals surface area (Å²) in [6.07, 6.45) is 0.965. The van der Waals surface area contributed by atoms with Crippen molar-refractivity contribution in [3.8, 4) is 11.5 Å². The molecule has 0 spiro atoms. The van der Waals surface area contributed by atoms with Crippen LogP contribution in [0.3, 0.4) is 0 Å². The average molecular weight is 322 g/mol. The second kappa shape index (κ2) is 6.11. The molecule has 1 heterocycles. The number of benzene rings is 2. The number of aryl methyl sites for hydroxylation is 1. The predicted molar refractivity (Wildman–Crippen MR) is 96.9 cm³/mol. The van der Waals surface area contributed by atoms with Crippen LogP contribution in [-0.4, -0.2) is 10.9 Å². The normalized spacial score (nSPS) is 11.7. The fraction of sp³-hybridized carbons (Fsp3) is 0.300. The summed E-state index contributed by atoms with van der Waals surface area (Å²) >= 11 is 0. The summed E-state index contributed by atoms with van der Waals surface area (Å²) in [7, 11) is 0. The van der Waals surface area contributed by atoms with Crippen LogP contribution < -0.4 is 5.32 Å². The molecule has 124 valence electrons. The Kier molecular flexibility index (Phi) is 4.14. The van der Waals surface area contributed by atoms with Crippen molar-refractivity contribution in [1.82, 2.24) is 4.98 Å². The minimum absolute atomic E-state index is 0.0233. The van der Waals surface area contributed by atoms with E-state index in [1.165, 1.54) is 5.56 Å². The minimum atomic E-state index is -0.440. The first-order chi connectivity index (χ1) is 11.4. The second-order valence-corrected chi connectivity index (χ2v) is 6.96. The topological polar surface area (TPSA) is 55.1 Å². The number of hydrogen-bond donors (Lipinski definition) is 1. The van der Waals surface area contributed by atoms with Crippen LogP contribution in [0.5, 0.6) is 0 Å². The van der Waals surface area contributed by atoms with E-state index < -0.39 is 5.41 Å². The van der Waals surface area contributed by atoms with Crippen molar-refractivity contribution in [3.63, 3.8) is 0 Å². The molecular weight excluding hydrogens is 300 g/mol. The van der Waals surface area contributed by atoms with Gasteiger partial charge in [0.15, 0.2) is 5.58 Å². The standard InChI is InChI=1S/C20H22N2O2/c1-5-13-9-10-17-16(11-13)22-18(24-17)14-7-6-8-15(12-14)21-19(23)20(2,3)4/h6-12H,5H2,1-4H3,(H,21,23). The molecule has 0 aliphatic rings. The molecular formula is C20H22N2O2. The molecule has 0 unspecified atom stereocenters. The van der Waals surface area contributed by atoms with E-state index in [-0.39, 0.29) is 5.91 Å². The van der Waals surface area contributed by atoms with Crippen molar-refractivity contribution >= 4 is 22.7 Å². The second-order valence-electron chi connectivity index (χ2n) is 6.96. The van der Waals surface area contributed by atoms with Gasteiger partial charge in [0.05, 0.1) is 0 Å².